The summed E-state index contributed by atoms with van der Waals surface area (Å²) in [5, 5.41) is 17.7. The number of hydrogen-bond acceptors (Lipinski definition) is 2. The molecular weight excluding hydrogens is 162 g/mol. The lowest BCUT2D eigenvalue weighted by atomic mass is 10.1. The van der Waals surface area contributed by atoms with Gasteiger partial charge in [-0.15, -0.1) is 0 Å². The molecule has 0 heterocycles. The Labute approximate surface area is 77.8 Å². The monoisotopic (exact) mass is 173 g/mol. The summed E-state index contributed by atoms with van der Waals surface area (Å²) in [4.78, 5) is 0. The molecule has 0 radical (unpaired) electrons. The van der Waals surface area contributed by atoms with Gasteiger partial charge in [0.05, 0.1) is 17.7 Å². The largest absolute Gasteiger partial charge is 0.389 e. The lowest BCUT2D eigenvalue weighted by Gasteiger charge is -1.97. The van der Waals surface area contributed by atoms with Crippen molar-refractivity contribution >= 4 is 6.08 Å². The molecule has 1 aromatic carbocycles. The van der Waals surface area contributed by atoms with Crippen molar-refractivity contribution < 1.29 is 5.11 Å². The highest BCUT2D eigenvalue weighted by Gasteiger charge is 1.95. The van der Waals surface area contributed by atoms with Crippen LogP contribution in [0.5, 0.6) is 0 Å². The van der Waals surface area contributed by atoms with Gasteiger partial charge in [0.2, 0.25) is 0 Å². The minimum Gasteiger partial charge on any atom is -0.389 e. The van der Waals surface area contributed by atoms with E-state index in [4.69, 9.17) is 10.4 Å². The quantitative estimate of drug-likeness (QED) is 0.742. The second-order valence-electron chi connectivity index (χ2n) is 2.80. The number of hydrogen-bond donors (Lipinski definition) is 1. The van der Waals surface area contributed by atoms with Gasteiger partial charge in [-0.25, -0.2) is 0 Å². The van der Waals surface area contributed by atoms with Crippen LogP contribution in [-0.2, 0) is 0 Å². The van der Waals surface area contributed by atoms with Crippen LogP contribution in [0.4, 0.5) is 0 Å². The van der Waals surface area contributed by atoms with Crippen molar-refractivity contribution in [1.29, 1.82) is 5.26 Å². The van der Waals surface area contributed by atoms with E-state index in [-0.39, 0.29) is 0 Å². The Morgan fingerprint density at radius 1 is 1.46 bits per heavy atom. The van der Waals surface area contributed by atoms with Crippen LogP contribution in [-0.4, -0.2) is 11.2 Å². The molecule has 0 spiro atoms. The smallest absolute Gasteiger partial charge is 0.0997 e. The molecule has 0 bridgehead atoms. The van der Waals surface area contributed by atoms with Gasteiger partial charge in [0.1, 0.15) is 0 Å². The normalized spacial score (nSPS) is 12.7. The Balaban J connectivity index is 2.95. The number of aliphatic hydroxyl groups is 1. The van der Waals surface area contributed by atoms with Gasteiger partial charge in [0, 0.05) is 0 Å². The molecule has 0 amide bonds. The van der Waals surface area contributed by atoms with Gasteiger partial charge in [-0.2, -0.15) is 5.26 Å². The van der Waals surface area contributed by atoms with Gasteiger partial charge >= 0.3 is 0 Å². The summed E-state index contributed by atoms with van der Waals surface area (Å²) in [6.45, 7) is 1.67. The van der Waals surface area contributed by atoms with Crippen molar-refractivity contribution in [2.75, 3.05) is 0 Å². The number of aliphatic hydroxyl groups excluding tert-OH is 1. The van der Waals surface area contributed by atoms with E-state index in [0.717, 1.165) is 5.56 Å². The highest BCUT2D eigenvalue weighted by atomic mass is 16.3. The van der Waals surface area contributed by atoms with Crippen LogP contribution < -0.4 is 0 Å². The number of rotatable bonds is 2. The fourth-order valence-corrected chi connectivity index (χ4v) is 0.987. The first kappa shape index (κ1) is 9.50. The van der Waals surface area contributed by atoms with E-state index in [1.54, 1.807) is 25.1 Å². The Morgan fingerprint density at radius 3 is 2.77 bits per heavy atom. The Hall–Kier alpha value is -1.59. The summed E-state index contributed by atoms with van der Waals surface area (Å²) in [6.07, 6.45) is 2.92. The van der Waals surface area contributed by atoms with Gasteiger partial charge in [-0.3, -0.25) is 0 Å². The van der Waals surface area contributed by atoms with E-state index in [9.17, 15) is 0 Å². The molecule has 1 aromatic rings. The van der Waals surface area contributed by atoms with Crippen molar-refractivity contribution in [2.45, 2.75) is 13.0 Å². The Kier molecular flexibility index (Phi) is 3.24. The minimum atomic E-state index is -0.480. The molecule has 0 aliphatic carbocycles. The van der Waals surface area contributed by atoms with Gasteiger partial charge in [-0.05, 0) is 18.6 Å². The molecule has 66 valence electrons. The number of nitrogens with zero attached hydrogens (tertiary/aromatic N) is 1. The van der Waals surface area contributed by atoms with E-state index in [1.165, 1.54) is 0 Å². The molecule has 1 unspecified atom stereocenters. The highest BCUT2D eigenvalue weighted by Crippen LogP contribution is 2.09. The molecule has 0 saturated heterocycles. The molecule has 2 nitrogen and oxygen atoms in total. The average molecular weight is 173 g/mol. The van der Waals surface area contributed by atoms with Crippen molar-refractivity contribution in [3.8, 4) is 6.07 Å². The predicted octanol–water partition coefficient (Wildman–Crippen LogP) is 1.95. The molecular formula is C11H11NO. The van der Waals surface area contributed by atoms with Crippen molar-refractivity contribution in [3.63, 3.8) is 0 Å². The molecule has 2 heteroatoms. The molecule has 1 N–H and O–H groups in total. The summed E-state index contributed by atoms with van der Waals surface area (Å²) in [6, 6.07) is 9.36. The fourth-order valence-electron chi connectivity index (χ4n) is 0.987. The van der Waals surface area contributed by atoms with Gasteiger partial charge in [0.25, 0.3) is 0 Å². The van der Waals surface area contributed by atoms with Gasteiger partial charge < -0.3 is 5.11 Å². The van der Waals surface area contributed by atoms with Crippen LogP contribution in [0.2, 0.25) is 0 Å². The van der Waals surface area contributed by atoms with E-state index in [1.807, 2.05) is 18.2 Å². The molecule has 0 fully saturated rings. The molecule has 1 atom stereocenters. The molecule has 13 heavy (non-hydrogen) atoms. The number of nitriles is 1. The second-order valence-corrected chi connectivity index (χ2v) is 2.80. The second kappa shape index (κ2) is 4.44. The third-order valence-electron chi connectivity index (χ3n) is 1.64. The first-order valence-electron chi connectivity index (χ1n) is 4.09. The highest BCUT2D eigenvalue weighted by molar-refractivity contribution is 5.57. The minimum absolute atomic E-state index is 0.480. The van der Waals surface area contributed by atoms with Crippen LogP contribution in [0, 0.1) is 11.3 Å². The van der Waals surface area contributed by atoms with Gasteiger partial charge in [-0.1, -0.05) is 30.4 Å². The Morgan fingerprint density at radius 2 is 2.15 bits per heavy atom. The third-order valence-corrected chi connectivity index (χ3v) is 1.64. The van der Waals surface area contributed by atoms with Crippen LogP contribution >= 0.6 is 0 Å². The molecule has 0 saturated carbocycles. The maximum Gasteiger partial charge on any atom is 0.0997 e. The standard InChI is InChI=1S/C11H11NO/c1-9(13)6-7-10-4-2-3-5-11(10)8-12/h2-7,9,13H,1H3/b7-6+. The zero-order valence-corrected chi connectivity index (χ0v) is 7.44. The van der Waals surface area contributed by atoms with Crippen molar-refractivity contribution in [1.82, 2.24) is 0 Å². The summed E-state index contributed by atoms with van der Waals surface area (Å²) >= 11 is 0. The Bertz CT molecular complexity index is 347. The predicted molar refractivity (Wildman–Crippen MR) is 51.9 cm³/mol. The molecule has 0 aliphatic rings. The van der Waals surface area contributed by atoms with Crippen LogP contribution in [0.1, 0.15) is 18.1 Å². The molecule has 0 aromatic heterocycles. The zero-order valence-electron chi connectivity index (χ0n) is 7.44. The van der Waals surface area contributed by atoms with E-state index in [2.05, 4.69) is 6.07 Å². The van der Waals surface area contributed by atoms with Crippen LogP contribution in [0.15, 0.2) is 30.3 Å². The van der Waals surface area contributed by atoms with E-state index >= 15 is 0 Å². The third kappa shape index (κ3) is 2.73. The van der Waals surface area contributed by atoms with E-state index in [0.29, 0.717) is 5.56 Å². The summed E-state index contributed by atoms with van der Waals surface area (Å²) in [5.41, 5.74) is 1.46. The average Bonchev–Trinajstić information content (AvgIpc) is 2.15. The maximum absolute atomic E-state index is 9.01. The van der Waals surface area contributed by atoms with E-state index < -0.39 is 6.10 Å². The summed E-state index contributed by atoms with van der Waals surface area (Å²) < 4.78 is 0. The lowest BCUT2D eigenvalue weighted by molar-refractivity contribution is 0.245. The van der Waals surface area contributed by atoms with Crippen molar-refractivity contribution in [2.24, 2.45) is 0 Å². The van der Waals surface area contributed by atoms with Crippen LogP contribution in [0.3, 0.4) is 0 Å². The fraction of sp³-hybridized carbons (Fsp3) is 0.182. The van der Waals surface area contributed by atoms with Crippen LogP contribution in [0.25, 0.3) is 6.08 Å². The topological polar surface area (TPSA) is 44.0 Å². The zero-order chi connectivity index (χ0) is 9.68. The summed E-state index contributed by atoms with van der Waals surface area (Å²) in [7, 11) is 0. The number of benzene rings is 1. The maximum atomic E-state index is 9.01. The first-order chi connectivity index (χ1) is 6.24. The van der Waals surface area contributed by atoms with Gasteiger partial charge in [0.15, 0.2) is 0 Å². The molecule has 1 rings (SSSR count). The van der Waals surface area contributed by atoms with Crippen molar-refractivity contribution in [3.05, 3.63) is 41.5 Å². The molecule has 0 aliphatic heterocycles. The SMILES string of the molecule is CC(O)/C=C/c1ccccc1C#N. The summed E-state index contributed by atoms with van der Waals surface area (Å²) in [5.74, 6) is 0. The lowest BCUT2D eigenvalue weighted by Crippen LogP contribution is -1.91. The first-order valence-corrected chi connectivity index (χ1v) is 4.09.